The van der Waals surface area contributed by atoms with E-state index in [-0.39, 0.29) is 18.1 Å². The molecule has 0 aliphatic rings. The second-order valence-corrected chi connectivity index (χ2v) is 4.04. The van der Waals surface area contributed by atoms with Gasteiger partial charge in [-0.15, -0.1) is 0 Å². The molecular formula is C7H16O5S. The maximum Gasteiger partial charge on any atom is 0.290 e. The van der Waals surface area contributed by atoms with Crippen LogP contribution in [0.5, 0.6) is 0 Å². The summed E-state index contributed by atoms with van der Waals surface area (Å²) in [7, 11) is -3.92. The fourth-order valence-corrected chi connectivity index (χ4v) is 0.774. The third-order valence-corrected chi connectivity index (χ3v) is 2.37. The Kier molecular flexibility index (Phi) is 8.13. The van der Waals surface area contributed by atoms with E-state index in [1.165, 1.54) is 6.92 Å². The van der Waals surface area contributed by atoms with E-state index in [1.807, 2.05) is 0 Å². The predicted octanol–water partition coefficient (Wildman–Crippen LogP) is 0.159. The van der Waals surface area contributed by atoms with Gasteiger partial charge in [0.1, 0.15) is 0 Å². The van der Waals surface area contributed by atoms with Crippen LogP contribution in [0.1, 0.15) is 20.8 Å². The lowest BCUT2D eigenvalue weighted by Crippen LogP contribution is -1.99. The number of hydrogen-bond donors (Lipinski definition) is 3. The van der Waals surface area contributed by atoms with Crippen molar-refractivity contribution in [2.24, 2.45) is 0 Å². The van der Waals surface area contributed by atoms with Crippen molar-refractivity contribution in [3.8, 4) is 0 Å². The molecule has 0 fully saturated rings. The minimum atomic E-state index is -3.92. The molecule has 80 valence electrons. The highest BCUT2D eigenvalue weighted by molar-refractivity contribution is 7.89. The standard InChI is InChI=1S/C5H10O3S.C2H6O2/c1-4(2)5(3)9(6,7)8;3-1-2-4/h1-3H3,(H,6,7,8);3-4H,1-2H2. The van der Waals surface area contributed by atoms with Gasteiger partial charge in [0.05, 0.1) is 18.1 Å². The van der Waals surface area contributed by atoms with Crippen LogP contribution in [0.15, 0.2) is 10.5 Å². The van der Waals surface area contributed by atoms with Crippen LogP contribution in [0.2, 0.25) is 0 Å². The molecule has 6 heteroatoms. The number of aliphatic hydroxyl groups excluding tert-OH is 2. The summed E-state index contributed by atoms with van der Waals surface area (Å²) >= 11 is 0. The fraction of sp³-hybridized carbons (Fsp3) is 0.714. The Balaban J connectivity index is 0. The number of aliphatic hydroxyl groups is 2. The highest BCUT2D eigenvalue weighted by Crippen LogP contribution is 2.07. The third kappa shape index (κ3) is 9.48. The largest absolute Gasteiger partial charge is 0.394 e. The Labute approximate surface area is 78.5 Å². The van der Waals surface area contributed by atoms with Crippen LogP contribution < -0.4 is 0 Å². The highest BCUT2D eigenvalue weighted by atomic mass is 32.2. The molecule has 0 amide bonds. The van der Waals surface area contributed by atoms with Gasteiger partial charge in [-0.2, -0.15) is 8.42 Å². The van der Waals surface area contributed by atoms with Gasteiger partial charge in [0.2, 0.25) is 0 Å². The zero-order valence-electron chi connectivity index (χ0n) is 7.98. The molecule has 0 aliphatic heterocycles. The Bertz CT molecular complexity index is 246. The topological polar surface area (TPSA) is 94.8 Å². The summed E-state index contributed by atoms with van der Waals surface area (Å²) in [6.07, 6.45) is 0. The lowest BCUT2D eigenvalue weighted by molar-refractivity contribution is 0.186. The number of allylic oxidation sites excluding steroid dienone is 2. The maximum absolute atomic E-state index is 10.3. The van der Waals surface area contributed by atoms with Crippen molar-refractivity contribution < 1.29 is 23.2 Å². The second kappa shape index (κ2) is 7.02. The minimum absolute atomic E-state index is 0.0301. The maximum atomic E-state index is 10.3. The average molecular weight is 212 g/mol. The molecule has 0 heterocycles. The van der Waals surface area contributed by atoms with Crippen molar-refractivity contribution in [3.63, 3.8) is 0 Å². The molecule has 0 radical (unpaired) electrons. The van der Waals surface area contributed by atoms with E-state index in [0.29, 0.717) is 5.57 Å². The highest BCUT2D eigenvalue weighted by Gasteiger charge is 2.07. The van der Waals surface area contributed by atoms with Crippen LogP contribution in [-0.4, -0.2) is 36.4 Å². The Morgan fingerprint density at radius 2 is 1.38 bits per heavy atom. The van der Waals surface area contributed by atoms with Gasteiger partial charge in [-0.1, -0.05) is 5.57 Å². The summed E-state index contributed by atoms with van der Waals surface area (Å²) in [6.45, 7) is 4.37. The molecule has 0 saturated heterocycles. The van der Waals surface area contributed by atoms with Gasteiger partial charge in [-0.25, -0.2) is 0 Å². The Morgan fingerprint density at radius 1 is 1.08 bits per heavy atom. The molecule has 13 heavy (non-hydrogen) atoms. The molecule has 0 aromatic carbocycles. The molecule has 5 nitrogen and oxygen atoms in total. The summed E-state index contributed by atoms with van der Waals surface area (Å²) in [4.78, 5) is 0.0301. The van der Waals surface area contributed by atoms with Crippen molar-refractivity contribution in [1.29, 1.82) is 0 Å². The van der Waals surface area contributed by atoms with E-state index in [0.717, 1.165) is 0 Å². The molecule has 0 spiro atoms. The first-order chi connectivity index (χ1) is 5.77. The minimum Gasteiger partial charge on any atom is -0.394 e. The van der Waals surface area contributed by atoms with Gasteiger partial charge < -0.3 is 10.2 Å². The van der Waals surface area contributed by atoms with Crippen LogP contribution in [0.3, 0.4) is 0 Å². The Morgan fingerprint density at radius 3 is 1.38 bits per heavy atom. The van der Waals surface area contributed by atoms with Crippen LogP contribution in [0, 0.1) is 0 Å². The van der Waals surface area contributed by atoms with Crippen molar-refractivity contribution >= 4 is 10.1 Å². The summed E-state index contributed by atoms with van der Waals surface area (Å²) in [6, 6.07) is 0. The van der Waals surface area contributed by atoms with Gasteiger partial charge in [0.15, 0.2) is 0 Å². The monoisotopic (exact) mass is 212 g/mol. The van der Waals surface area contributed by atoms with E-state index in [4.69, 9.17) is 14.8 Å². The zero-order valence-corrected chi connectivity index (χ0v) is 8.80. The van der Waals surface area contributed by atoms with Crippen molar-refractivity contribution in [2.75, 3.05) is 13.2 Å². The van der Waals surface area contributed by atoms with Crippen molar-refractivity contribution in [3.05, 3.63) is 10.5 Å². The van der Waals surface area contributed by atoms with Gasteiger partial charge in [-0.3, -0.25) is 4.55 Å². The smallest absolute Gasteiger partial charge is 0.290 e. The van der Waals surface area contributed by atoms with Gasteiger partial charge >= 0.3 is 0 Å². The SMILES string of the molecule is CC(C)=C(C)S(=O)(=O)O.OCCO. The molecule has 3 N–H and O–H groups in total. The molecule has 0 unspecified atom stereocenters. The Hall–Kier alpha value is -0.430. The van der Waals surface area contributed by atoms with E-state index >= 15 is 0 Å². The van der Waals surface area contributed by atoms with Crippen LogP contribution in [0.25, 0.3) is 0 Å². The van der Waals surface area contributed by atoms with E-state index in [1.54, 1.807) is 13.8 Å². The van der Waals surface area contributed by atoms with Crippen molar-refractivity contribution in [2.45, 2.75) is 20.8 Å². The lowest BCUT2D eigenvalue weighted by atomic mass is 10.3. The first-order valence-corrected chi connectivity index (χ1v) is 5.04. The normalized spacial score (nSPS) is 10.0. The van der Waals surface area contributed by atoms with E-state index < -0.39 is 10.1 Å². The molecule has 0 aromatic heterocycles. The average Bonchev–Trinajstić information content (AvgIpc) is 2.02. The molecule has 0 atom stereocenters. The zero-order chi connectivity index (χ0) is 11.1. The van der Waals surface area contributed by atoms with Gasteiger partial charge in [-0.05, 0) is 20.8 Å². The molecule has 0 aliphatic carbocycles. The van der Waals surface area contributed by atoms with E-state index in [9.17, 15) is 8.42 Å². The van der Waals surface area contributed by atoms with Gasteiger partial charge in [0.25, 0.3) is 10.1 Å². The predicted molar refractivity (Wildman–Crippen MR) is 49.8 cm³/mol. The molecule has 0 aromatic rings. The second-order valence-electron chi connectivity index (χ2n) is 2.48. The lowest BCUT2D eigenvalue weighted by Gasteiger charge is -1.96. The molecule has 0 rings (SSSR count). The van der Waals surface area contributed by atoms with E-state index in [2.05, 4.69) is 0 Å². The van der Waals surface area contributed by atoms with Gasteiger partial charge in [0, 0.05) is 0 Å². The first-order valence-electron chi connectivity index (χ1n) is 3.60. The quantitative estimate of drug-likeness (QED) is 0.567. The summed E-state index contributed by atoms with van der Waals surface area (Å²) in [5.74, 6) is 0. The molecule has 0 bridgehead atoms. The van der Waals surface area contributed by atoms with Crippen LogP contribution >= 0.6 is 0 Å². The van der Waals surface area contributed by atoms with Crippen LogP contribution in [0.4, 0.5) is 0 Å². The number of hydrogen-bond acceptors (Lipinski definition) is 4. The number of rotatable bonds is 2. The molecule has 0 saturated carbocycles. The summed E-state index contributed by atoms with van der Waals surface area (Å²) in [5, 5.41) is 15.2. The first kappa shape index (κ1) is 15.1. The van der Waals surface area contributed by atoms with Crippen LogP contribution in [-0.2, 0) is 10.1 Å². The molecular weight excluding hydrogens is 196 g/mol. The summed E-state index contributed by atoms with van der Waals surface area (Å²) < 4.78 is 28.9. The third-order valence-electron chi connectivity index (χ3n) is 1.19. The van der Waals surface area contributed by atoms with Crippen molar-refractivity contribution in [1.82, 2.24) is 0 Å². The summed E-state index contributed by atoms with van der Waals surface area (Å²) in [5.41, 5.74) is 0.609. The fourth-order valence-electron chi connectivity index (χ4n) is 0.258.